The molecule has 6 nitrogen and oxygen atoms in total. The van der Waals surface area contributed by atoms with E-state index in [9.17, 15) is 12.8 Å². The third kappa shape index (κ3) is 2.84. The molecule has 0 saturated heterocycles. The van der Waals surface area contributed by atoms with Crippen molar-refractivity contribution in [1.29, 1.82) is 0 Å². The second-order valence-corrected chi connectivity index (χ2v) is 5.56. The number of nitrogens with zero attached hydrogens (tertiary/aromatic N) is 2. The minimum atomic E-state index is -3.80. The van der Waals surface area contributed by atoms with E-state index in [1.807, 2.05) is 6.92 Å². The molecular formula is C11H13FN4O2S. The summed E-state index contributed by atoms with van der Waals surface area (Å²) in [6.07, 6.45) is 2.96. The van der Waals surface area contributed by atoms with Crippen molar-refractivity contribution in [2.24, 2.45) is 0 Å². The summed E-state index contributed by atoms with van der Waals surface area (Å²) in [7, 11) is -3.80. The highest BCUT2D eigenvalue weighted by molar-refractivity contribution is 7.92. The van der Waals surface area contributed by atoms with Crippen molar-refractivity contribution < 1.29 is 12.8 Å². The lowest BCUT2D eigenvalue weighted by molar-refractivity contribution is 0.600. The molecule has 1 aromatic carbocycles. The Bertz CT molecular complexity index is 696. The summed E-state index contributed by atoms with van der Waals surface area (Å²) in [5.74, 6) is -0.655. The van der Waals surface area contributed by atoms with Gasteiger partial charge in [0, 0.05) is 12.7 Å². The van der Waals surface area contributed by atoms with Crippen LogP contribution in [0, 0.1) is 5.82 Å². The zero-order valence-corrected chi connectivity index (χ0v) is 11.0. The number of aromatic nitrogens is 2. The van der Waals surface area contributed by atoms with Crippen molar-refractivity contribution >= 4 is 21.4 Å². The molecule has 102 valence electrons. The number of nitrogen functional groups attached to an aromatic ring is 1. The van der Waals surface area contributed by atoms with E-state index in [0.29, 0.717) is 12.2 Å². The van der Waals surface area contributed by atoms with Crippen LogP contribution in [-0.4, -0.2) is 18.2 Å². The van der Waals surface area contributed by atoms with Gasteiger partial charge in [0.25, 0.3) is 10.0 Å². The number of anilines is 2. The number of hydrogen-bond donors (Lipinski definition) is 2. The Morgan fingerprint density at radius 1 is 1.47 bits per heavy atom. The summed E-state index contributed by atoms with van der Waals surface area (Å²) in [6.45, 7) is 2.51. The SMILES string of the molecule is CCn1cc(NS(=O)(=O)c2ccc(F)c(N)c2)cn1. The van der Waals surface area contributed by atoms with Gasteiger partial charge in [-0.05, 0) is 25.1 Å². The molecule has 0 atom stereocenters. The number of sulfonamides is 1. The Kier molecular flexibility index (Phi) is 3.43. The van der Waals surface area contributed by atoms with E-state index in [2.05, 4.69) is 9.82 Å². The van der Waals surface area contributed by atoms with Crippen molar-refractivity contribution in [3.05, 3.63) is 36.4 Å². The van der Waals surface area contributed by atoms with Crippen LogP contribution in [0.5, 0.6) is 0 Å². The largest absolute Gasteiger partial charge is 0.396 e. The second kappa shape index (κ2) is 4.88. The van der Waals surface area contributed by atoms with E-state index in [4.69, 9.17) is 5.73 Å². The molecule has 19 heavy (non-hydrogen) atoms. The van der Waals surface area contributed by atoms with Gasteiger partial charge in [-0.2, -0.15) is 5.10 Å². The molecule has 2 rings (SSSR count). The van der Waals surface area contributed by atoms with Crippen LogP contribution in [0.4, 0.5) is 15.8 Å². The van der Waals surface area contributed by atoms with Gasteiger partial charge in [-0.3, -0.25) is 9.40 Å². The van der Waals surface area contributed by atoms with Gasteiger partial charge in [0.1, 0.15) is 5.82 Å². The van der Waals surface area contributed by atoms with E-state index in [0.717, 1.165) is 18.2 Å². The molecule has 0 radical (unpaired) electrons. The molecule has 0 amide bonds. The first-order valence-electron chi connectivity index (χ1n) is 5.52. The van der Waals surface area contributed by atoms with E-state index < -0.39 is 15.8 Å². The van der Waals surface area contributed by atoms with Gasteiger partial charge in [-0.15, -0.1) is 0 Å². The highest BCUT2D eigenvalue weighted by Gasteiger charge is 2.16. The molecule has 0 saturated carbocycles. The number of nitrogens with one attached hydrogen (secondary N) is 1. The summed E-state index contributed by atoms with van der Waals surface area (Å²) in [5, 5.41) is 3.95. The maximum absolute atomic E-state index is 13.0. The minimum Gasteiger partial charge on any atom is -0.396 e. The maximum Gasteiger partial charge on any atom is 0.262 e. The van der Waals surface area contributed by atoms with Crippen LogP contribution in [0.15, 0.2) is 35.5 Å². The van der Waals surface area contributed by atoms with Crippen LogP contribution in [0.2, 0.25) is 0 Å². The smallest absolute Gasteiger partial charge is 0.262 e. The normalized spacial score (nSPS) is 11.5. The van der Waals surface area contributed by atoms with Gasteiger partial charge in [-0.1, -0.05) is 0 Å². The minimum absolute atomic E-state index is 0.101. The predicted molar refractivity (Wildman–Crippen MR) is 69.5 cm³/mol. The van der Waals surface area contributed by atoms with Crippen LogP contribution in [0.25, 0.3) is 0 Å². The number of aryl methyl sites for hydroxylation is 1. The Labute approximate surface area is 110 Å². The first-order chi connectivity index (χ1) is 8.92. The lowest BCUT2D eigenvalue weighted by atomic mass is 10.3. The molecule has 3 N–H and O–H groups in total. The average Bonchev–Trinajstić information content (AvgIpc) is 2.79. The van der Waals surface area contributed by atoms with Gasteiger partial charge < -0.3 is 5.73 Å². The standard InChI is InChI=1S/C11H13FN4O2S/c1-2-16-7-8(6-14-16)15-19(17,18)9-3-4-10(12)11(13)5-9/h3-7,15H,2,13H2,1H3. The Morgan fingerprint density at radius 2 is 2.21 bits per heavy atom. The number of rotatable bonds is 4. The summed E-state index contributed by atoms with van der Waals surface area (Å²) in [6, 6.07) is 3.24. The summed E-state index contributed by atoms with van der Waals surface area (Å²) >= 11 is 0. The average molecular weight is 284 g/mol. The van der Waals surface area contributed by atoms with Crippen LogP contribution in [-0.2, 0) is 16.6 Å². The Balaban J connectivity index is 2.29. The number of hydrogen-bond acceptors (Lipinski definition) is 4. The molecule has 1 heterocycles. The predicted octanol–water partition coefficient (Wildman–Crippen LogP) is 1.43. The molecule has 8 heteroatoms. The third-order valence-electron chi connectivity index (χ3n) is 2.49. The molecule has 0 fully saturated rings. The van der Waals surface area contributed by atoms with Gasteiger partial charge in [0.2, 0.25) is 0 Å². The fourth-order valence-electron chi connectivity index (χ4n) is 1.49. The van der Waals surface area contributed by atoms with Crippen molar-refractivity contribution in [2.75, 3.05) is 10.5 Å². The molecule has 1 aromatic heterocycles. The van der Waals surface area contributed by atoms with Gasteiger partial charge in [0.05, 0.1) is 22.5 Å². The molecule has 0 unspecified atom stereocenters. The molecule has 0 aliphatic heterocycles. The lowest BCUT2D eigenvalue weighted by Crippen LogP contribution is -2.13. The quantitative estimate of drug-likeness (QED) is 0.831. The zero-order valence-electron chi connectivity index (χ0n) is 10.2. The molecule has 2 aromatic rings. The second-order valence-electron chi connectivity index (χ2n) is 3.87. The van der Waals surface area contributed by atoms with Crippen molar-refractivity contribution in [3.63, 3.8) is 0 Å². The molecular weight excluding hydrogens is 271 g/mol. The zero-order chi connectivity index (χ0) is 14.0. The van der Waals surface area contributed by atoms with Crippen molar-refractivity contribution in [3.8, 4) is 0 Å². The number of benzene rings is 1. The van der Waals surface area contributed by atoms with E-state index in [1.165, 1.54) is 6.20 Å². The van der Waals surface area contributed by atoms with Crippen LogP contribution >= 0.6 is 0 Å². The van der Waals surface area contributed by atoms with Gasteiger partial charge >= 0.3 is 0 Å². The van der Waals surface area contributed by atoms with Crippen LogP contribution in [0.3, 0.4) is 0 Å². The fraction of sp³-hybridized carbons (Fsp3) is 0.182. The van der Waals surface area contributed by atoms with E-state index in [-0.39, 0.29) is 10.6 Å². The van der Waals surface area contributed by atoms with Crippen LogP contribution < -0.4 is 10.5 Å². The van der Waals surface area contributed by atoms with Gasteiger partial charge in [0.15, 0.2) is 0 Å². The molecule has 0 aliphatic rings. The Hall–Kier alpha value is -2.09. The number of halogens is 1. The molecule has 0 spiro atoms. The molecule has 0 aliphatic carbocycles. The first kappa shape index (κ1) is 13.3. The molecule has 0 bridgehead atoms. The third-order valence-corrected chi connectivity index (χ3v) is 3.87. The summed E-state index contributed by atoms with van der Waals surface area (Å²) in [4.78, 5) is -0.101. The lowest BCUT2D eigenvalue weighted by Gasteiger charge is -2.06. The van der Waals surface area contributed by atoms with Crippen molar-refractivity contribution in [1.82, 2.24) is 9.78 Å². The Morgan fingerprint density at radius 3 is 2.79 bits per heavy atom. The van der Waals surface area contributed by atoms with Crippen LogP contribution in [0.1, 0.15) is 6.92 Å². The van der Waals surface area contributed by atoms with E-state index in [1.54, 1.807) is 10.9 Å². The maximum atomic E-state index is 13.0. The monoisotopic (exact) mass is 284 g/mol. The fourth-order valence-corrected chi connectivity index (χ4v) is 2.56. The van der Waals surface area contributed by atoms with Gasteiger partial charge in [-0.25, -0.2) is 12.8 Å². The topological polar surface area (TPSA) is 90.0 Å². The van der Waals surface area contributed by atoms with E-state index >= 15 is 0 Å². The summed E-state index contributed by atoms with van der Waals surface area (Å²) in [5.41, 5.74) is 5.47. The highest BCUT2D eigenvalue weighted by atomic mass is 32.2. The number of nitrogens with two attached hydrogens (primary N) is 1. The summed E-state index contributed by atoms with van der Waals surface area (Å²) < 4.78 is 41.0. The first-order valence-corrected chi connectivity index (χ1v) is 7.01. The van der Waals surface area contributed by atoms with Crippen molar-refractivity contribution in [2.45, 2.75) is 18.4 Å². The highest BCUT2D eigenvalue weighted by Crippen LogP contribution is 2.19.